The first-order chi connectivity index (χ1) is 7.91. The lowest BCUT2D eigenvalue weighted by Crippen LogP contribution is -2.19. The first kappa shape index (κ1) is 11.2. The maximum Gasteiger partial charge on any atom is 0.258 e. The zero-order chi connectivity index (χ0) is 12.7. The minimum Gasteiger partial charge on any atom is -0.294 e. The molecule has 5 nitrogen and oxygen atoms in total. The second-order valence-electron chi connectivity index (χ2n) is 3.84. The molecule has 0 aromatic heterocycles. The largest absolute Gasteiger partial charge is 0.294 e. The number of imide groups is 1. The number of ketones is 2. The molecule has 2 amide bonds. The van der Waals surface area contributed by atoms with Crippen molar-refractivity contribution in [1.82, 2.24) is 5.32 Å². The second-order valence-corrected chi connectivity index (χ2v) is 3.84. The number of amides is 2. The van der Waals surface area contributed by atoms with Gasteiger partial charge in [-0.1, -0.05) is 0 Å². The fourth-order valence-corrected chi connectivity index (χ4v) is 1.80. The highest BCUT2D eigenvalue weighted by molar-refractivity contribution is 6.23. The van der Waals surface area contributed by atoms with Crippen molar-refractivity contribution < 1.29 is 19.2 Å². The van der Waals surface area contributed by atoms with Crippen molar-refractivity contribution in [3.05, 3.63) is 34.4 Å². The van der Waals surface area contributed by atoms with Gasteiger partial charge in [0.25, 0.3) is 11.8 Å². The third-order valence-electron chi connectivity index (χ3n) is 2.63. The molecule has 1 N–H and O–H groups in total. The Labute approximate surface area is 96.8 Å². The van der Waals surface area contributed by atoms with Crippen LogP contribution >= 0.6 is 0 Å². The Hall–Kier alpha value is -2.30. The number of Topliss-reactive ketones (excluding diaryl/α,β-unsaturated/α-hetero) is 2. The number of benzene rings is 1. The monoisotopic (exact) mass is 231 g/mol. The summed E-state index contributed by atoms with van der Waals surface area (Å²) >= 11 is 0. The second kappa shape index (κ2) is 3.62. The molecule has 1 aromatic carbocycles. The predicted molar refractivity (Wildman–Crippen MR) is 58.2 cm³/mol. The van der Waals surface area contributed by atoms with E-state index in [2.05, 4.69) is 5.32 Å². The highest BCUT2D eigenvalue weighted by Crippen LogP contribution is 2.22. The van der Waals surface area contributed by atoms with Gasteiger partial charge < -0.3 is 0 Å². The normalized spacial score (nSPS) is 13.3. The average Bonchev–Trinajstić information content (AvgIpc) is 2.52. The Bertz CT molecular complexity index is 535. The van der Waals surface area contributed by atoms with Crippen LogP contribution in [-0.4, -0.2) is 23.4 Å². The number of fused-ring (bicyclic) bond motifs is 1. The van der Waals surface area contributed by atoms with Crippen molar-refractivity contribution in [2.24, 2.45) is 0 Å². The number of nitrogens with one attached hydrogen (secondary N) is 1. The summed E-state index contributed by atoms with van der Waals surface area (Å²) in [6.45, 7) is 2.62. The van der Waals surface area contributed by atoms with Crippen LogP contribution in [-0.2, 0) is 0 Å². The van der Waals surface area contributed by atoms with Crippen molar-refractivity contribution in [3.63, 3.8) is 0 Å². The van der Waals surface area contributed by atoms with Crippen LogP contribution < -0.4 is 5.32 Å². The highest BCUT2D eigenvalue weighted by atomic mass is 16.2. The Morgan fingerprint density at radius 3 is 1.53 bits per heavy atom. The van der Waals surface area contributed by atoms with Gasteiger partial charge in [-0.2, -0.15) is 0 Å². The van der Waals surface area contributed by atoms with Crippen LogP contribution in [0.2, 0.25) is 0 Å². The van der Waals surface area contributed by atoms with Crippen LogP contribution in [0, 0.1) is 0 Å². The van der Waals surface area contributed by atoms with E-state index in [0.717, 1.165) is 0 Å². The molecular weight excluding hydrogens is 222 g/mol. The molecule has 1 aliphatic heterocycles. The lowest BCUT2D eigenvalue weighted by molar-refractivity contribution is 0.0878. The smallest absolute Gasteiger partial charge is 0.258 e. The molecule has 86 valence electrons. The molecule has 0 saturated heterocycles. The number of carbonyl (C=O) groups is 4. The predicted octanol–water partition coefficient (Wildman–Crippen LogP) is 0.975. The molecule has 1 aliphatic rings. The molecule has 0 radical (unpaired) electrons. The molecule has 1 aromatic rings. The van der Waals surface area contributed by atoms with E-state index in [9.17, 15) is 19.2 Å². The summed E-state index contributed by atoms with van der Waals surface area (Å²) in [6.07, 6.45) is 0. The van der Waals surface area contributed by atoms with Crippen LogP contribution in [0.1, 0.15) is 55.3 Å². The van der Waals surface area contributed by atoms with Crippen molar-refractivity contribution in [3.8, 4) is 0 Å². The Morgan fingerprint density at radius 1 is 0.882 bits per heavy atom. The van der Waals surface area contributed by atoms with Crippen molar-refractivity contribution in [2.45, 2.75) is 13.8 Å². The van der Waals surface area contributed by atoms with Crippen LogP contribution in [0.4, 0.5) is 0 Å². The third-order valence-corrected chi connectivity index (χ3v) is 2.63. The lowest BCUT2D eigenvalue weighted by Gasteiger charge is -2.05. The summed E-state index contributed by atoms with van der Waals surface area (Å²) in [5.41, 5.74) is 0.623. The minimum absolute atomic E-state index is 0.144. The quantitative estimate of drug-likeness (QED) is 0.607. The van der Waals surface area contributed by atoms with E-state index < -0.39 is 11.8 Å². The van der Waals surface area contributed by atoms with E-state index in [1.165, 1.54) is 26.0 Å². The average molecular weight is 231 g/mol. The van der Waals surface area contributed by atoms with Gasteiger partial charge in [-0.3, -0.25) is 24.5 Å². The van der Waals surface area contributed by atoms with Gasteiger partial charge in [-0.05, 0) is 26.0 Å². The van der Waals surface area contributed by atoms with Gasteiger partial charge in [0, 0.05) is 11.1 Å². The van der Waals surface area contributed by atoms with Gasteiger partial charge in [0.2, 0.25) is 0 Å². The number of hydrogen-bond acceptors (Lipinski definition) is 4. The van der Waals surface area contributed by atoms with E-state index in [1.54, 1.807) is 0 Å². The highest BCUT2D eigenvalue weighted by Gasteiger charge is 2.29. The first-order valence-corrected chi connectivity index (χ1v) is 4.97. The summed E-state index contributed by atoms with van der Waals surface area (Å²) in [7, 11) is 0. The molecule has 0 unspecified atom stereocenters. The fraction of sp³-hybridized carbons (Fsp3) is 0.167. The zero-order valence-electron chi connectivity index (χ0n) is 9.29. The SMILES string of the molecule is CC(=O)c1cc2c(cc1C(C)=O)C(=O)NC2=O. The number of carbonyl (C=O) groups excluding carboxylic acids is 4. The molecule has 0 saturated carbocycles. The summed E-state index contributed by atoms with van der Waals surface area (Å²) in [5.74, 6) is -1.71. The molecule has 2 rings (SSSR count). The summed E-state index contributed by atoms with van der Waals surface area (Å²) in [6, 6.07) is 2.60. The van der Waals surface area contributed by atoms with E-state index in [-0.39, 0.29) is 33.8 Å². The number of rotatable bonds is 2. The van der Waals surface area contributed by atoms with E-state index in [4.69, 9.17) is 0 Å². The third kappa shape index (κ3) is 1.65. The number of hydrogen-bond donors (Lipinski definition) is 1. The zero-order valence-corrected chi connectivity index (χ0v) is 9.29. The van der Waals surface area contributed by atoms with Crippen molar-refractivity contribution in [2.75, 3.05) is 0 Å². The van der Waals surface area contributed by atoms with Crippen LogP contribution in [0.15, 0.2) is 12.1 Å². The van der Waals surface area contributed by atoms with Gasteiger partial charge in [0.05, 0.1) is 11.1 Å². The van der Waals surface area contributed by atoms with Gasteiger partial charge in [0.15, 0.2) is 11.6 Å². The maximum atomic E-state index is 11.4. The van der Waals surface area contributed by atoms with Crippen LogP contribution in [0.25, 0.3) is 0 Å². The van der Waals surface area contributed by atoms with Gasteiger partial charge in [-0.15, -0.1) is 0 Å². The van der Waals surface area contributed by atoms with E-state index in [1.807, 2.05) is 0 Å². The van der Waals surface area contributed by atoms with Gasteiger partial charge >= 0.3 is 0 Å². The molecule has 0 aliphatic carbocycles. The molecular formula is C12H9NO4. The molecule has 0 atom stereocenters. The molecule has 1 heterocycles. The first-order valence-electron chi connectivity index (χ1n) is 4.97. The van der Waals surface area contributed by atoms with Crippen molar-refractivity contribution >= 4 is 23.4 Å². The maximum absolute atomic E-state index is 11.4. The molecule has 0 spiro atoms. The molecule has 0 fully saturated rings. The molecule has 0 bridgehead atoms. The lowest BCUT2D eigenvalue weighted by atomic mass is 9.95. The Kier molecular flexibility index (Phi) is 2.38. The summed E-state index contributed by atoms with van der Waals surface area (Å²) < 4.78 is 0. The fourth-order valence-electron chi connectivity index (χ4n) is 1.80. The summed E-state index contributed by atoms with van der Waals surface area (Å²) in [4.78, 5) is 45.6. The van der Waals surface area contributed by atoms with Crippen LogP contribution in [0.3, 0.4) is 0 Å². The Balaban J connectivity index is 2.76. The van der Waals surface area contributed by atoms with E-state index in [0.29, 0.717) is 0 Å². The standard InChI is InChI=1S/C12H9NO4/c1-5(14)7-3-9-10(4-8(7)6(2)15)12(17)13-11(9)16/h3-4H,1-2H3,(H,13,16,17). The minimum atomic E-state index is -0.539. The van der Waals surface area contributed by atoms with Gasteiger partial charge in [-0.25, -0.2) is 0 Å². The van der Waals surface area contributed by atoms with Crippen molar-refractivity contribution in [1.29, 1.82) is 0 Å². The van der Waals surface area contributed by atoms with E-state index >= 15 is 0 Å². The molecule has 5 heteroatoms. The topological polar surface area (TPSA) is 80.3 Å². The Morgan fingerprint density at radius 2 is 1.24 bits per heavy atom. The summed E-state index contributed by atoms with van der Waals surface area (Å²) in [5, 5.41) is 2.11. The molecule has 17 heavy (non-hydrogen) atoms. The van der Waals surface area contributed by atoms with Crippen LogP contribution in [0.5, 0.6) is 0 Å². The van der Waals surface area contributed by atoms with Gasteiger partial charge in [0.1, 0.15) is 0 Å².